The Morgan fingerprint density at radius 2 is 1.90 bits per heavy atom. The molecule has 3 aromatic rings. The Labute approximate surface area is 271 Å². The fourth-order valence-electron chi connectivity index (χ4n) is 6.10. The van der Waals surface area contributed by atoms with E-state index < -0.39 is 84.4 Å². The number of nitrogens with zero attached hydrogens (tertiary/aromatic N) is 3. The molecule has 3 fully saturated rings. The maximum Gasteiger partial charge on any atom is 0.305 e. The lowest BCUT2D eigenvalue weighted by atomic mass is 10.1. The molecule has 3 aliphatic rings. The van der Waals surface area contributed by atoms with E-state index in [0.29, 0.717) is 5.75 Å². The molecule has 3 N–H and O–H groups in total. The van der Waals surface area contributed by atoms with Gasteiger partial charge in [-0.2, -0.15) is 4.98 Å². The van der Waals surface area contributed by atoms with Crippen molar-refractivity contribution in [3.05, 3.63) is 47.0 Å². The number of esters is 3. The molecule has 256 valence electrons. The maximum atomic E-state index is 12.8. The average molecular weight is 672 g/mol. The van der Waals surface area contributed by atoms with Gasteiger partial charge in [0.05, 0.1) is 30.9 Å². The lowest BCUT2D eigenvalue weighted by molar-refractivity contribution is -0.272. The summed E-state index contributed by atoms with van der Waals surface area (Å²) in [5, 5.41) is 12.7. The summed E-state index contributed by atoms with van der Waals surface area (Å²) in [6, 6.07) is 8.70. The quantitative estimate of drug-likeness (QED) is 0.172. The Balaban J connectivity index is 1.17. The number of carbonyl (C=O) groups excluding carboxylic acids is 4. The zero-order valence-corrected chi connectivity index (χ0v) is 26.0. The maximum absolute atomic E-state index is 12.8. The van der Waals surface area contributed by atoms with E-state index in [1.165, 1.54) is 31.7 Å². The van der Waals surface area contributed by atoms with Gasteiger partial charge in [-0.3, -0.25) is 38.8 Å². The highest BCUT2D eigenvalue weighted by Crippen LogP contribution is 2.63. The highest BCUT2D eigenvalue weighted by atomic mass is 16.8. The standard InChI is InChI=1S/C30H33N5O13/c1-14(37)42-11-18-23-25(44-15(2)38)28(48-30(18,23)47-16(3)39)46-19-9-22(45-20(19)10-36)35-13-31-24-26(35)33-29(34-27(24)41)32-21(40)12-43-17-7-5-4-6-8-17/h4-8,13,18-20,22-23,25,28,36H,9-12H2,1-3H3,(H2,32,33,34,40,41)/t18-,19?,20+,22+,23?,25?,28+,30?/m0/s1. The van der Waals surface area contributed by atoms with E-state index in [-0.39, 0.29) is 36.7 Å². The summed E-state index contributed by atoms with van der Waals surface area (Å²) in [6.45, 7) is 2.65. The number of ether oxygens (including phenoxy) is 7. The van der Waals surface area contributed by atoms with Gasteiger partial charge in [0.1, 0.15) is 24.7 Å². The number of H-pyrrole nitrogens is 1. The summed E-state index contributed by atoms with van der Waals surface area (Å²) in [4.78, 5) is 71.8. The molecular formula is C30H33N5O13. The van der Waals surface area contributed by atoms with Crippen LogP contribution < -0.4 is 15.6 Å². The topological polar surface area (TPSA) is 229 Å². The first-order valence-electron chi connectivity index (χ1n) is 15.0. The molecule has 0 radical (unpaired) electrons. The molecule has 4 heterocycles. The second-order valence-electron chi connectivity index (χ2n) is 11.4. The van der Waals surface area contributed by atoms with Crippen molar-refractivity contribution in [2.45, 2.75) is 63.8 Å². The number of hydrogen-bond donors (Lipinski definition) is 3. The number of amides is 1. The Morgan fingerprint density at radius 1 is 1.12 bits per heavy atom. The number of hydrogen-bond acceptors (Lipinski definition) is 15. The van der Waals surface area contributed by atoms with Gasteiger partial charge in [0.25, 0.3) is 11.5 Å². The zero-order valence-electron chi connectivity index (χ0n) is 26.0. The van der Waals surface area contributed by atoms with Crippen LogP contribution in [0.5, 0.6) is 5.75 Å². The monoisotopic (exact) mass is 671 g/mol. The molecule has 1 saturated carbocycles. The van der Waals surface area contributed by atoms with Gasteiger partial charge in [0, 0.05) is 27.2 Å². The van der Waals surface area contributed by atoms with Gasteiger partial charge in [0.15, 0.2) is 30.2 Å². The second kappa shape index (κ2) is 13.3. The van der Waals surface area contributed by atoms with Gasteiger partial charge in [-0.1, -0.05) is 18.2 Å². The van der Waals surface area contributed by atoms with Crippen molar-refractivity contribution < 1.29 is 57.4 Å². The van der Waals surface area contributed by atoms with Crippen LogP contribution in [0, 0.1) is 11.8 Å². The molecule has 1 aliphatic carbocycles. The number of benzene rings is 1. The normalized spacial score (nSPS) is 28.8. The molecule has 1 amide bonds. The number of rotatable bonds is 12. The number of anilines is 1. The van der Waals surface area contributed by atoms with E-state index in [4.69, 9.17) is 33.2 Å². The summed E-state index contributed by atoms with van der Waals surface area (Å²) >= 11 is 0. The second-order valence-corrected chi connectivity index (χ2v) is 11.4. The fraction of sp³-hybridized carbons (Fsp3) is 0.500. The molecule has 4 unspecified atom stereocenters. The zero-order chi connectivity index (χ0) is 34.2. The lowest BCUT2D eigenvalue weighted by Crippen LogP contribution is -2.41. The third kappa shape index (κ3) is 6.59. The smallest absolute Gasteiger partial charge is 0.305 e. The highest BCUT2D eigenvalue weighted by Gasteiger charge is 2.81. The number of aliphatic hydroxyl groups is 1. The first kappa shape index (κ1) is 33.0. The first-order chi connectivity index (χ1) is 23.0. The van der Waals surface area contributed by atoms with Gasteiger partial charge in [-0.15, -0.1) is 0 Å². The third-order valence-electron chi connectivity index (χ3n) is 8.08. The minimum atomic E-state index is -1.56. The van der Waals surface area contributed by atoms with Crippen molar-refractivity contribution >= 4 is 40.9 Å². The van der Waals surface area contributed by atoms with Gasteiger partial charge in [0.2, 0.25) is 11.7 Å². The van der Waals surface area contributed by atoms with Gasteiger partial charge >= 0.3 is 17.9 Å². The lowest BCUT2D eigenvalue weighted by Gasteiger charge is -2.28. The van der Waals surface area contributed by atoms with E-state index in [2.05, 4.69) is 20.3 Å². The summed E-state index contributed by atoms with van der Waals surface area (Å²) in [6.07, 6.45) is -3.48. The summed E-state index contributed by atoms with van der Waals surface area (Å²) < 4.78 is 41.3. The van der Waals surface area contributed by atoms with Crippen molar-refractivity contribution in [1.29, 1.82) is 0 Å². The van der Waals surface area contributed by atoms with Gasteiger partial charge in [-0.05, 0) is 12.1 Å². The highest BCUT2D eigenvalue weighted by molar-refractivity contribution is 5.90. The van der Waals surface area contributed by atoms with Crippen molar-refractivity contribution in [2.24, 2.45) is 11.8 Å². The number of nitrogens with one attached hydrogen (secondary N) is 2. The van der Waals surface area contributed by atoms with Crippen LogP contribution in [0.2, 0.25) is 0 Å². The van der Waals surface area contributed by atoms with Crippen LogP contribution in [-0.4, -0.2) is 98.7 Å². The van der Waals surface area contributed by atoms with E-state index in [1.807, 2.05) is 0 Å². The Morgan fingerprint density at radius 3 is 2.58 bits per heavy atom. The van der Waals surface area contributed by atoms with Crippen LogP contribution in [0.1, 0.15) is 33.4 Å². The van der Waals surface area contributed by atoms with Crippen LogP contribution >= 0.6 is 0 Å². The molecule has 0 spiro atoms. The van der Waals surface area contributed by atoms with Crippen LogP contribution in [0.15, 0.2) is 41.5 Å². The van der Waals surface area contributed by atoms with Crippen molar-refractivity contribution in [1.82, 2.24) is 19.5 Å². The number of imidazole rings is 1. The van der Waals surface area contributed by atoms with Gasteiger partial charge < -0.3 is 38.3 Å². The number of aliphatic hydroxyl groups excluding tert-OH is 1. The molecule has 18 heteroatoms. The van der Waals surface area contributed by atoms with Crippen molar-refractivity contribution in [3.8, 4) is 5.75 Å². The van der Waals surface area contributed by atoms with Crippen LogP contribution in [0.3, 0.4) is 0 Å². The molecule has 6 rings (SSSR count). The number of para-hydroxylation sites is 1. The molecular weight excluding hydrogens is 638 g/mol. The van der Waals surface area contributed by atoms with Crippen LogP contribution in [0.4, 0.5) is 5.95 Å². The summed E-state index contributed by atoms with van der Waals surface area (Å²) in [5.74, 6) is -4.97. The van der Waals surface area contributed by atoms with E-state index in [9.17, 15) is 29.1 Å². The predicted molar refractivity (Wildman–Crippen MR) is 158 cm³/mol. The summed E-state index contributed by atoms with van der Waals surface area (Å²) in [5.41, 5.74) is -0.568. The molecule has 48 heavy (non-hydrogen) atoms. The predicted octanol–water partition coefficient (Wildman–Crippen LogP) is 0.159. The largest absolute Gasteiger partial charge is 0.484 e. The number of aromatic amines is 1. The van der Waals surface area contributed by atoms with Crippen LogP contribution in [0.25, 0.3) is 11.2 Å². The Bertz CT molecular complexity index is 1760. The number of carbonyl (C=O) groups is 4. The fourth-order valence-corrected chi connectivity index (χ4v) is 6.10. The first-order valence-corrected chi connectivity index (χ1v) is 15.0. The molecule has 8 atom stereocenters. The minimum absolute atomic E-state index is 0.0293. The van der Waals surface area contributed by atoms with Crippen molar-refractivity contribution in [3.63, 3.8) is 0 Å². The Hall–Kier alpha value is -4.91. The molecule has 1 aromatic carbocycles. The SMILES string of the molecule is CC(=O)OC[C@H]1C2C(OC(C)=O)[C@H](OC3C[C@H](n4cnc5c(=O)[nH]c(NC(=O)COc6ccccc6)nc54)O[C@@H]3CO)OC21OC(C)=O. The Kier molecular flexibility index (Phi) is 9.15. The number of aromatic nitrogens is 4. The molecule has 2 saturated heterocycles. The minimum Gasteiger partial charge on any atom is -0.484 e. The third-order valence-corrected chi connectivity index (χ3v) is 8.08. The number of fused-ring (bicyclic) bond motifs is 2. The molecule has 0 bridgehead atoms. The molecule has 2 aliphatic heterocycles. The summed E-state index contributed by atoms with van der Waals surface area (Å²) in [7, 11) is 0. The van der Waals surface area contributed by atoms with Crippen molar-refractivity contribution in [2.75, 3.05) is 25.1 Å². The van der Waals surface area contributed by atoms with E-state index in [0.717, 1.165) is 0 Å². The van der Waals surface area contributed by atoms with Crippen LogP contribution in [-0.2, 0) is 47.6 Å². The van der Waals surface area contributed by atoms with E-state index >= 15 is 0 Å². The molecule has 2 aromatic heterocycles. The molecule has 18 nitrogen and oxygen atoms in total. The van der Waals surface area contributed by atoms with Gasteiger partial charge in [-0.25, -0.2) is 4.98 Å². The average Bonchev–Trinajstić information content (AvgIpc) is 3.37. The van der Waals surface area contributed by atoms with E-state index in [1.54, 1.807) is 30.3 Å².